The number of para-hydroxylation sites is 1. The molecule has 7 nitrogen and oxygen atoms in total. The number of rotatable bonds is 10. The minimum Gasteiger partial charge on any atom is -0.493 e. The van der Waals surface area contributed by atoms with E-state index in [2.05, 4.69) is 17.5 Å². The third kappa shape index (κ3) is 6.54. The molecular formula is C20H23N3O4. The Morgan fingerprint density at radius 3 is 2.78 bits per heavy atom. The van der Waals surface area contributed by atoms with Gasteiger partial charge in [0.25, 0.3) is 11.6 Å². The third-order valence-corrected chi connectivity index (χ3v) is 3.86. The minimum absolute atomic E-state index is 0.145. The Kier molecular flexibility index (Phi) is 7.96. The summed E-state index contributed by atoms with van der Waals surface area (Å²) < 4.78 is 5.79. The lowest BCUT2D eigenvalue weighted by atomic mass is 10.2. The molecule has 0 unspecified atom stereocenters. The Morgan fingerprint density at radius 2 is 2.00 bits per heavy atom. The zero-order valence-electron chi connectivity index (χ0n) is 15.3. The molecule has 2 rings (SSSR count). The molecule has 2 aromatic rings. The number of carbonyl (C=O) groups is 1. The van der Waals surface area contributed by atoms with Crippen molar-refractivity contribution in [2.45, 2.75) is 32.6 Å². The molecule has 0 spiro atoms. The molecule has 0 atom stereocenters. The van der Waals surface area contributed by atoms with Crippen LogP contribution in [0, 0.1) is 10.1 Å². The van der Waals surface area contributed by atoms with Gasteiger partial charge >= 0.3 is 0 Å². The molecule has 0 aliphatic heterocycles. The summed E-state index contributed by atoms with van der Waals surface area (Å²) in [4.78, 5) is 22.3. The summed E-state index contributed by atoms with van der Waals surface area (Å²) in [7, 11) is 0. The van der Waals surface area contributed by atoms with Crippen LogP contribution in [0.25, 0.3) is 0 Å². The van der Waals surface area contributed by atoms with E-state index < -0.39 is 10.8 Å². The fourth-order valence-electron chi connectivity index (χ4n) is 2.42. The third-order valence-electron chi connectivity index (χ3n) is 3.86. The summed E-state index contributed by atoms with van der Waals surface area (Å²) >= 11 is 0. The lowest BCUT2D eigenvalue weighted by Gasteiger charge is -2.08. The van der Waals surface area contributed by atoms with E-state index in [0.717, 1.165) is 18.4 Å². The maximum atomic E-state index is 12.1. The summed E-state index contributed by atoms with van der Waals surface area (Å²) in [6.45, 7) is 2.79. The summed E-state index contributed by atoms with van der Waals surface area (Å²) in [6, 6.07) is 12.9. The van der Waals surface area contributed by atoms with Crippen LogP contribution in [-0.2, 0) is 0 Å². The highest BCUT2D eigenvalue weighted by atomic mass is 16.6. The molecule has 0 aromatic heterocycles. The smallest absolute Gasteiger partial charge is 0.271 e. The average molecular weight is 369 g/mol. The number of non-ortho nitro benzene ring substituents is 1. The van der Waals surface area contributed by atoms with Gasteiger partial charge in [-0.25, -0.2) is 5.43 Å². The van der Waals surface area contributed by atoms with E-state index in [1.807, 2.05) is 24.3 Å². The lowest BCUT2D eigenvalue weighted by Crippen LogP contribution is -2.17. The Balaban J connectivity index is 1.94. The number of unbranched alkanes of at least 4 members (excludes halogenated alkanes) is 3. The van der Waals surface area contributed by atoms with Crippen LogP contribution in [0.4, 0.5) is 5.69 Å². The molecule has 1 amide bonds. The van der Waals surface area contributed by atoms with Gasteiger partial charge in [-0.15, -0.1) is 0 Å². The largest absolute Gasteiger partial charge is 0.493 e. The molecule has 142 valence electrons. The van der Waals surface area contributed by atoms with Gasteiger partial charge in [0.2, 0.25) is 0 Å². The van der Waals surface area contributed by atoms with Crippen molar-refractivity contribution in [3.63, 3.8) is 0 Å². The van der Waals surface area contributed by atoms with E-state index in [1.165, 1.54) is 43.3 Å². The number of nitro benzene ring substituents is 1. The van der Waals surface area contributed by atoms with Crippen molar-refractivity contribution in [2.24, 2.45) is 5.10 Å². The maximum Gasteiger partial charge on any atom is 0.271 e. The number of carbonyl (C=O) groups excluding carboxylic acids is 1. The molecule has 0 heterocycles. The van der Waals surface area contributed by atoms with Crippen LogP contribution in [0.5, 0.6) is 5.75 Å². The molecule has 27 heavy (non-hydrogen) atoms. The van der Waals surface area contributed by atoms with Crippen LogP contribution in [-0.4, -0.2) is 23.7 Å². The topological polar surface area (TPSA) is 93.8 Å². The van der Waals surface area contributed by atoms with Gasteiger partial charge in [0, 0.05) is 23.3 Å². The summed E-state index contributed by atoms with van der Waals surface area (Å²) in [5.74, 6) is 0.176. The van der Waals surface area contributed by atoms with Gasteiger partial charge in [-0.1, -0.05) is 44.4 Å². The zero-order chi connectivity index (χ0) is 19.5. The average Bonchev–Trinajstić information content (AvgIpc) is 2.69. The van der Waals surface area contributed by atoms with Gasteiger partial charge in [-0.05, 0) is 24.6 Å². The second-order valence-corrected chi connectivity index (χ2v) is 5.95. The molecule has 0 fully saturated rings. The number of nitrogens with one attached hydrogen (secondary N) is 1. The van der Waals surface area contributed by atoms with Gasteiger partial charge in [-0.2, -0.15) is 5.10 Å². The Hall–Kier alpha value is -3.22. The van der Waals surface area contributed by atoms with Crippen LogP contribution >= 0.6 is 0 Å². The highest BCUT2D eigenvalue weighted by Crippen LogP contribution is 2.17. The number of nitro groups is 1. The first-order valence-corrected chi connectivity index (χ1v) is 8.91. The fourth-order valence-corrected chi connectivity index (χ4v) is 2.42. The SMILES string of the molecule is CCCCCCOc1ccccc1C=NNC(=O)c1cccc([N+](=O)[O-])c1. The van der Waals surface area contributed by atoms with Crippen LogP contribution in [0.15, 0.2) is 53.6 Å². The van der Waals surface area contributed by atoms with Crippen LogP contribution in [0.2, 0.25) is 0 Å². The van der Waals surface area contributed by atoms with Gasteiger partial charge in [0.05, 0.1) is 17.7 Å². The van der Waals surface area contributed by atoms with Crippen molar-refractivity contribution >= 4 is 17.8 Å². The zero-order valence-corrected chi connectivity index (χ0v) is 15.3. The van der Waals surface area contributed by atoms with Crippen molar-refractivity contribution in [1.29, 1.82) is 0 Å². The molecule has 0 saturated carbocycles. The van der Waals surface area contributed by atoms with Crippen LogP contribution < -0.4 is 10.2 Å². The molecule has 1 N–H and O–H groups in total. The first kappa shape index (κ1) is 20.1. The quantitative estimate of drug-likeness (QED) is 0.292. The molecule has 0 radical (unpaired) electrons. The normalized spacial score (nSPS) is 10.7. The standard InChI is InChI=1S/C20H23N3O4/c1-2-3-4-7-13-27-19-12-6-5-9-17(19)15-21-22-20(24)16-10-8-11-18(14-16)23(25)26/h5-6,8-12,14-15H,2-4,7,13H2,1H3,(H,22,24). The Labute approximate surface area is 158 Å². The molecule has 0 aliphatic rings. The fraction of sp³-hybridized carbons (Fsp3) is 0.300. The summed E-state index contributed by atoms with van der Waals surface area (Å²) in [5.41, 5.74) is 3.14. The maximum absolute atomic E-state index is 12.1. The van der Waals surface area contributed by atoms with Crippen LogP contribution in [0.1, 0.15) is 48.5 Å². The van der Waals surface area contributed by atoms with Gasteiger partial charge in [0.1, 0.15) is 5.75 Å². The monoisotopic (exact) mass is 369 g/mol. The Morgan fingerprint density at radius 1 is 1.19 bits per heavy atom. The van der Waals surface area contributed by atoms with E-state index in [4.69, 9.17) is 4.74 Å². The molecule has 2 aromatic carbocycles. The number of hydrazone groups is 1. The van der Waals surface area contributed by atoms with Crippen LogP contribution in [0.3, 0.4) is 0 Å². The second-order valence-electron chi connectivity index (χ2n) is 5.95. The highest BCUT2D eigenvalue weighted by Gasteiger charge is 2.10. The molecule has 0 saturated heterocycles. The second kappa shape index (κ2) is 10.7. The number of nitrogens with zero attached hydrogens (tertiary/aromatic N) is 2. The first-order valence-electron chi connectivity index (χ1n) is 8.91. The highest BCUT2D eigenvalue weighted by molar-refractivity contribution is 5.95. The molecule has 7 heteroatoms. The summed E-state index contributed by atoms with van der Waals surface area (Å²) in [5, 5.41) is 14.7. The van der Waals surface area contributed by atoms with E-state index in [1.54, 1.807) is 0 Å². The van der Waals surface area contributed by atoms with Gasteiger partial charge in [0.15, 0.2) is 0 Å². The van der Waals surface area contributed by atoms with Crippen molar-refractivity contribution in [2.75, 3.05) is 6.61 Å². The van der Waals surface area contributed by atoms with E-state index in [9.17, 15) is 14.9 Å². The molecule has 0 bridgehead atoms. The van der Waals surface area contributed by atoms with Gasteiger partial charge < -0.3 is 4.74 Å². The Bertz CT molecular complexity index is 805. The predicted octanol–water partition coefficient (Wildman–Crippen LogP) is 4.32. The molecular weight excluding hydrogens is 346 g/mol. The van der Waals surface area contributed by atoms with Crippen molar-refractivity contribution in [3.05, 3.63) is 69.8 Å². The number of amides is 1. The van der Waals surface area contributed by atoms with Crippen molar-refractivity contribution in [3.8, 4) is 5.75 Å². The van der Waals surface area contributed by atoms with Crippen molar-refractivity contribution < 1.29 is 14.5 Å². The summed E-state index contributed by atoms with van der Waals surface area (Å²) in [6.07, 6.45) is 5.98. The number of benzene rings is 2. The number of hydrogen-bond donors (Lipinski definition) is 1. The van der Waals surface area contributed by atoms with E-state index >= 15 is 0 Å². The van der Waals surface area contributed by atoms with Gasteiger partial charge in [-0.3, -0.25) is 14.9 Å². The van der Waals surface area contributed by atoms with Crippen molar-refractivity contribution in [1.82, 2.24) is 5.43 Å². The van der Waals surface area contributed by atoms with E-state index in [-0.39, 0.29) is 11.3 Å². The minimum atomic E-state index is -0.547. The van der Waals surface area contributed by atoms with E-state index in [0.29, 0.717) is 12.4 Å². The first-order chi connectivity index (χ1) is 13.1. The lowest BCUT2D eigenvalue weighted by molar-refractivity contribution is -0.384. The number of hydrogen-bond acceptors (Lipinski definition) is 5. The molecule has 0 aliphatic carbocycles. The number of ether oxygens (including phenoxy) is 1. The predicted molar refractivity (Wildman–Crippen MR) is 104 cm³/mol.